The first kappa shape index (κ1) is 14.1. The van der Waals surface area contributed by atoms with E-state index in [0.29, 0.717) is 19.0 Å². The number of nitrogens with one attached hydrogen (secondary N) is 2. The molecule has 0 fully saturated rings. The molecule has 6 heteroatoms. The average molecular weight is 274 g/mol. The van der Waals surface area contributed by atoms with Gasteiger partial charge in [0.2, 0.25) is 0 Å². The Morgan fingerprint density at radius 1 is 1.10 bits per heavy atom. The fourth-order valence-electron chi connectivity index (χ4n) is 1.65. The van der Waals surface area contributed by atoms with Gasteiger partial charge >= 0.3 is 0 Å². The summed E-state index contributed by atoms with van der Waals surface area (Å²) >= 11 is 0. The molecule has 106 valence electrons. The van der Waals surface area contributed by atoms with Crippen LogP contribution in [0.5, 0.6) is 5.75 Å². The quantitative estimate of drug-likeness (QED) is 0.755. The summed E-state index contributed by atoms with van der Waals surface area (Å²) in [7, 11) is 3.30. The molecule has 1 aromatic carbocycles. The number of rotatable bonds is 7. The van der Waals surface area contributed by atoms with E-state index in [-0.39, 0.29) is 0 Å². The molecule has 6 nitrogen and oxygen atoms in total. The first-order chi connectivity index (χ1) is 9.81. The molecule has 0 aliphatic carbocycles. The zero-order chi connectivity index (χ0) is 14.2. The second-order valence-corrected chi connectivity index (χ2v) is 4.07. The zero-order valence-electron chi connectivity index (χ0n) is 11.6. The summed E-state index contributed by atoms with van der Waals surface area (Å²) in [6.45, 7) is 1.33. The van der Waals surface area contributed by atoms with Crippen LogP contribution >= 0.6 is 0 Å². The van der Waals surface area contributed by atoms with Crippen LogP contribution in [0.3, 0.4) is 0 Å². The van der Waals surface area contributed by atoms with Gasteiger partial charge in [-0.3, -0.25) is 0 Å². The van der Waals surface area contributed by atoms with E-state index < -0.39 is 0 Å². The summed E-state index contributed by atoms with van der Waals surface area (Å²) in [6.07, 6.45) is 1.51. The summed E-state index contributed by atoms with van der Waals surface area (Å²) in [4.78, 5) is 8.33. The van der Waals surface area contributed by atoms with Crippen LogP contribution < -0.4 is 15.4 Å². The maximum atomic E-state index is 5.18. The minimum Gasteiger partial charge on any atom is -0.497 e. The Labute approximate surface area is 118 Å². The van der Waals surface area contributed by atoms with Crippen LogP contribution in [0.2, 0.25) is 0 Å². The van der Waals surface area contributed by atoms with Crippen molar-refractivity contribution in [2.24, 2.45) is 0 Å². The Hall–Kier alpha value is -2.34. The lowest BCUT2D eigenvalue weighted by atomic mass is 10.3. The third-order valence-electron chi connectivity index (χ3n) is 2.62. The molecule has 1 heterocycles. The highest BCUT2D eigenvalue weighted by molar-refractivity contribution is 5.60. The van der Waals surface area contributed by atoms with E-state index in [4.69, 9.17) is 9.47 Å². The van der Waals surface area contributed by atoms with Gasteiger partial charge in [-0.15, -0.1) is 0 Å². The van der Waals surface area contributed by atoms with Gasteiger partial charge in [-0.05, 0) is 12.1 Å². The second-order valence-electron chi connectivity index (χ2n) is 4.07. The molecule has 0 radical (unpaired) electrons. The number of aromatic nitrogens is 2. The van der Waals surface area contributed by atoms with E-state index in [1.165, 1.54) is 6.33 Å². The summed E-state index contributed by atoms with van der Waals surface area (Å²) in [5.74, 6) is 2.26. The number of ether oxygens (including phenoxy) is 2. The first-order valence-electron chi connectivity index (χ1n) is 6.28. The predicted octanol–water partition coefficient (Wildman–Crippen LogP) is 2.29. The number of hydrogen-bond acceptors (Lipinski definition) is 6. The normalized spacial score (nSPS) is 10.1. The predicted molar refractivity (Wildman–Crippen MR) is 78.7 cm³/mol. The van der Waals surface area contributed by atoms with Crippen LogP contribution in [0.4, 0.5) is 17.3 Å². The van der Waals surface area contributed by atoms with Crippen molar-refractivity contribution in [2.75, 3.05) is 38.0 Å². The molecule has 0 saturated carbocycles. The lowest BCUT2D eigenvalue weighted by Gasteiger charge is -2.09. The summed E-state index contributed by atoms with van der Waals surface area (Å²) in [5, 5.41) is 6.36. The van der Waals surface area contributed by atoms with Gasteiger partial charge in [-0.1, -0.05) is 6.07 Å². The third-order valence-corrected chi connectivity index (χ3v) is 2.62. The summed E-state index contributed by atoms with van der Waals surface area (Å²) < 4.78 is 10.2. The molecule has 0 amide bonds. The second kappa shape index (κ2) is 7.30. The highest BCUT2D eigenvalue weighted by Gasteiger charge is 2.00. The Balaban J connectivity index is 2.03. The van der Waals surface area contributed by atoms with Gasteiger partial charge in [-0.2, -0.15) is 0 Å². The Morgan fingerprint density at radius 2 is 1.95 bits per heavy atom. The molecule has 0 aliphatic heterocycles. The van der Waals surface area contributed by atoms with Crippen molar-refractivity contribution in [3.63, 3.8) is 0 Å². The van der Waals surface area contributed by atoms with E-state index >= 15 is 0 Å². The van der Waals surface area contributed by atoms with Crippen molar-refractivity contribution >= 4 is 17.3 Å². The van der Waals surface area contributed by atoms with Crippen molar-refractivity contribution in [3.8, 4) is 5.75 Å². The smallest absolute Gasteiger partial charge is 0.135 e. The monoisotopic (exact) mass is 274 g/mol. The van der Waals surface area contributed by atoms with Crippen molar-refractivity contribution in [1.82, 2.24) is 9.97 Å². The molecular weight excluding hydrogens is 256 g/mol. The van der Waals surface area contributed by atoms with Crippen molar-refractivity contribution in [3.05, 3.63) is 36.7 Å². The molecule has 0 atom stereocenters. The molecular formula is C14H18N4O2. The number of anilines is 3. The number of benzene rings is 1. The van der Waals surface area contributed by atoms with Gasteiger partial charge in [0.25, 0.3) is 0 Å². The van der Waals surface area contributed by atoms with Crippen molar-refractivity contribution < 1.29 is 9.47 Å². The molecule has 2 rings (SSSR count). The number of methoxy groups -OCH3 is 2. The van der Waals surface area contributed by atoms with Gasteiger partial charge in [0.15, 0.2) is 0 Å². The topological polar surface area (TPSA) is 68.3 Å². The molecule has 0 aliphatic rings. The highest BCUT2D eigenvalue weighted by Crippen LogP contribution is 2.20. The van der Waals surface area contributed by atoms with Gasteiger partial charge in [-0.25, -0.2) is 9.97 Å². The van der Waals surface area contributed by atoms with Crippen LogP contribution in [0.25, 0.3) is 0 Å². The van der Waals surface area contributed by atoms with Gasteiger partial charge in [0, 0.05) is 31.5 Å². The highest BCUT2D eigenvalue weighted by atomic mass is 16.5. The Morgan fingerprint density at radius 3 is 2.75 bits per heavy atom. The fourth-order valence-corrected chi connectivity index (χ4v) is 1.65. The van der Waals surface area contributed by atoms with E-state index in [0.717, 1.165) is 17.3 Å². The number of nitrogens with zero attached hydrogens (tertiary/aromatic N) is 2. The maximum absolute atomic E-state index is 5.18. The van der Waals surface area contributed by atoms with Crippen molar-refractivity contribution in [2.45, 2.75) is 0 Å². The fraction of sp³-hybridized carbons (Fsp3) is 0.286. The molecule has 2 aromatic rings. The van der Waals surface area contributed by atoms with E-state index in [9.17, 15) is 0 Å². The molecule has 20 heavy (non-hydrogen) atoms. The lowest BCUT2D eigenvalue weighted by Crippen LogP contribution is -2.09. The van der Waals surface area contributed by atoms with E-state index in [1.54, 1.807) is 14.2 Å². The molecule has 2 N–H and O–H groups in total. The lowest BCUT2D eigenvalue weighted by molar-refractivity contribution is 0.210. The van der Waals surface area contributed by atoms with Crippen LogP contribution in [-0.2, 0) is 4.74 Å². The molecule has 1 aromatic heterocycles. The molecule has 0 saturated heterocycles. The standard InChI is InChI=1S/C14H18N4O2/c1-19-7-6-15-13-9-14(17-10-16-13)18-11-4-3-5-12(8-11)20-2/h3-5,8-10H,6-7H2,1-2H3,(H2,15,16,17,18). The van der Waals surface area contributed by atoms with Gasteiger partial charge in [0.05, 0.1) is 13.7 Å². The van der Waals surface area contributed by atoms with Crippen LogP contribution in [0.1, 0.15) is 0 Å². The van der Waals surface area contributed by atoms with Crippen molar-refractivity contribution in [1.29, 1.82) is 0 Å². The van der Waals surface area contributed by atoms with Crippen LogP contribution in [0.15, 0.2) is 36.7 Å². The molecule has 0 spiro atoms. The van der Waals surface area contributed by atoms with Gasteiger partial charge < -0.3 is 20.1 Å². The summed E-state index contributed by atoms with van der Waals surface area (Å²) in [6, 6.07) is 9.50. The summed E-state index contributed by atoms with van der Waals surface area (Å²) in [5.41, 5.74) is 0.908. The number of hydrogen-bond donors (Lipinski definition) is 2. The third kappa shape index (κ3) is 4.10. The van der Waals surface area contributed by atoms with E-state index in [2.05, 4.69) is 20.6 Å². The molecule has 0 unspecified atom stereocenters. The maximum Gasteiger partial charge on any atom is 0.135 e. The minimum atomic E-state index is 0.628. The van der Waals surface area contributed by atoms with E-state index in [1.807, 2.05) is 30.3 Å². The zero-order valence-corrected chi connectivity index (χ0v) is 11.6. The SMILES string of the molecule is COCCNc1cc(Nc2cccc(OC)c2)ncn1. The first-order valence-corrected chi connectivity index (χ1v) is 6.28. The Kier molecular flexibility index (Phi) is 5.14. The van der Waals surface area contributed by atoms with Crippen LogP contribution in [0, 0.1) is 0 Å². The average Bonchev–Trinajstić information content (AvgIpc) is 2.48. The minimum absolute atomic E-state index is 0.628. The van der Waals surface area contributed by atoms with Gasteiger partial charge in [0.1, 0.15) is 23.7 Å². The largest absolute Gasteiger partial charge is 0.497 e. The van der Waals surface area contributed by atoms with Crippen LogP contribution in [-0.4, -0.2) is 37.3 Å². The Bertz CT molecular complexity index is 548. The molecule has 0 bridgehead atoms.